The van der Waals surface area contributed by atoms with E-state index in [1.54, 1.807) is 25.3 Å². The van der Waals surface area contributed by atoms with E-state index >= 15 is 0 Å². The number of nitro groups is 1. The van der Waals surface area contributed by atoms with Gasteiger partial charge in [0.15, 0.2) is 23.0 Å². The summed E-state index contributed by atoms with van der Waals surface area (Å²) in [6.45, 7) is 0.691. The molecule has 204 valence electrons. The third-order valence-corrected chi connectivity index (χ3v) is 5.75. The number of amides is 1. The number of benzene rings is 4. The molecule has 0 saturated heterocycles. The molecule has 0 atom stereocenters. The molecule has 4 rings (SSSR count). The van der Waals surface area contributed by atoms with Crippen LogP contribution in [0.2, 0.25) is 0 Å². The van der Waals surface area contributed by atoms with Crippen LogP contribution in [0.15, 0.2) is 96.1 Å². The quantitative estimate of drug-likeness (QED) is 0.142. The van der Waals surface area contributed by atoms with Gasteiger partial charge in [-0.15, -0.1) is 0 Å². The van der Waals surface area contributed by atoms with Crippen LogP contribution in [0.1, 0.15) is 27.0 Å². The first-order chi connectivity index (χ1) is 19.5. The third-order valence-electron chi connectivity index (χ3n) is 5.75. The molecule has 0 aliphatic heterocycles. The Bertz CT molecular complexity index is 1510. The molecule has 4 aromatic rings. The van der Waals surface area contributed by atoms with Gasteiger partial charge < -0.3 is 18.9 Å². The number of ether oxygens (including phenoxy) is 4. The SMILES string of the molecule is COc1cc(/C=N/NC(=O)c2cccc([N+](=O)[O-])c2)ccc1OCc1ccc(OCc2ccccc2)c(OC)c1. The van der Waals surface area contributed by atoms with E-state index in [1.165, 1.54) is 37.6 Å². The Labute approximate surface area is 230 Å². The number of hydrogen-bond donors (Lipinski definition) is 1. The Kier molecular flexibility index (Phi) is 9.28. The van der Waals surface area contributed by atoms with Crippen molar-refractivity contribution in [3.63, 3.8) is 0 Å². The van der Waals surface area contributed by atoms with Crippen LogP contribution in [-0.2, 0) is 13.2 Å². The van der Waals surface area contributed by atoms with Crippen molar-refractivity contribution < 1.29 is 28.7 Å². The molecule has 0 fully saturated rings. The Morgan fingerprint density at radius 3 is 2.17 bits per heavy atom. The van der Waals surface area contributed by atoms with E-state index < -0.39 is 10.8 Å². The van der Waals surface area contributed by atoms with E-state index in [1.807, 2.05) is 48.5 Å². The van der Waals surface area contributed by atoms with Crippen LogP contribution >= 0.6 is 0 Å². The van der Waals surface area contributed by atoms with Crippen molar-refractivity contribution >= 4 is 17.8 Å². The highest BCUT2D eigenvalue weighted by Crippen LogP contribution is 2.31. The third kappa shape index (κ3) is 7.35. The predicted octanol–water partition coefficient (Wildman–Crippen LogP) is 5.53. The lowest BCUT2D eigenvalue weighted by Crippen LogP contribution is -2.17. The summed E-state index contributed by atoms with van der Waals surface area (Å²) in [7, 11) is 3.11. The van der Waals surface area contributed by atoms with Gasteiger partial charge >= 0.3 is 0 Å². The Morgan fingerprint density at radius 1 is 0.800 bits per heavy atom. The highest BCUT2D eigenvalue weighted by Gasteiger charge is 2.12. The fourth-order valence-corrected chi connectivity index (χ4v) is 3.69. The number of carbonyl (C=O) groups is 1. The van der Waals surface area contributed by atoms with Crippen LogP contribution < -0.4 is 24.4 Å². The van der Waals surface area contributed by atoms with Gasteiger partial charge in [-0.05, 0) is 53.1 Å². The van der Waals surface area contributed by atoms with E-state index in [2.05, 4.69) is 10.5 Å². The van der Waals surface area contributed by atoms with Gasteiger partial charge in [0.1, 0.15) is 13.2 Å². The van der Waals surface area contributed by atoms with Crippen LogP contribution in [0.3, 0.4) is 0 Å². The minimum Gasteiger partial charge on any atom is -0.493 e. The second kappa shape index (κ2) is 13.4. The highest BCUT2D eigenvalue weighted by molar-refractivity contribution is 5.95. The van der Waals surface area contributed by atoms with Gasteiger partial charge in [-0.2, -0.15) is 5.10 Å². The van der Waals surface area contributed by atoms with E-state index in [4.69, 9.17) is 18.9 Å². The number of nitrogens with zero attached hydrogens (tertiary/aromatic N) is 2. The summed E-state index contributed by atoms with van der Waals surface area (Å²) in [5.41, 5.74) is 4.88. The summed E-state index contributed by atoms with van der Waals surface area (Å²) >= 11 is 0. The zero-order valence-electron chi connectivity index (χ0n) is 21.9. The van der Waals surface area contributed by atoms with Gasteiger partial charge in [0.25, 0.3) is 11.6 Å². The lowest BCUT2D eigenvalue weighted by molar-refractivity contribution is -0.384. The molecule has 10 heteroatoms. The smallest absolute Gasteiger partial charge is 0.271 e. The molecule has 0 heterocycles. The van der Waals surface area contributed by atoms with Crippen molar-refractivity contribution in [1.29, 1.82) is 0 Å². The molecule has 4 aromatic carbocycles. The topological polar surface area (TPSA) is 122 Å². The molecule has 0 bridgehead atoms. The highest BCUT2D eigenvalue weighted by atomic mass is 16.6. The van der Waals surface area contributed by atoms with E-state index in [9.17, 15) is 14.9 Å². The molecule has 40 heavy (non-hydrogen) atoms. The van der Waals surface area contributed by atoms with Gasteiger partial charge in [0, 0.05) is 17.7 Å². The number of rotatable bonds is 12. The van der Waals surface area contributed by atoms with Crippen LogP contribution in [0.5, 0.6) is 23.0 Å². The van der Waals surface area contributed by atoms with E-state index in [0.717, 1.165) is 11.1 Å². The summed E-state index contributed by atoms with van der Waals surface area (Å²) in [4.78, 5) is 22.6. The molecule has 0 spiro atoms. The summed E-state index contributed by atoms with van der Waals surface area (Å²) in [6, 6.07) is 26.1. The molecular weight excluding hydrogens is 514 g/mol. The van der Waals surface area contributed by atoms with Crippen molar-refractivity contribution in [3.8, 4) is 23.0 Å². The van der Waals surface area contributed by atoms with Gasteiger partial charge in [-0.3, -0.25) is 14.9 Å². The summed E-state index contributed by atoms with van der Waals surface area (Å²) < 4.78 is 22.9. The fraction of sp³-hybridized carbons (Fsp3) is 0.133. The number of nitrogens with one attached hydrogen (secondary N) is 1. The number of nitro benzene ring substituents is 1. The van der Waals surface area contributed by atoms with Crippen molar-refractivity contribution in [2.75, 3.05) is 14.2 Å². The van der Waals surface area contributed by atoms with E-state index in [-0.39, 0.29) is 17.9 Å². The van der Waals surface area contributed by atoms with Gasteiger partial charge in [0.05, 0.1) is 25.4 Å². The standard InChI is InChI=1S/C30H27N3O7/c1-37-28-15-22(18-31-32-30(34)24-9-6-10-25(17-24)33(35)36)11-13-26(28)40-20-23-12-14-27(29(16-23)38-2)39-19-21-7-4-3-5-8-21/h3-18H,19-20H2,1-2H3,(H,32,34)/b31-18+. The maximum atomic E-state index is 12.3. The largest absolute Gasteiger partial charge is 0.493 e. The molecular formula is C30H27N3O7. The normalized spacial score (nSPS) is 10.7. The minimum atomic E-state index is -0.571. The first-order valence-corrected chi connectivity index (χ1v) is 12.2. The van der Waals surface area contributed by atoms with Crippen molar-refractivity contribution in [3.05, 3.63) is 123 Å². The number of carbonyl (C=O) groups excluding carboxylic acids is 1. The molecule has 10 nitrogen and oxygen atoms in total. The Balaban J connectivity index is 1.35. The zero-order chi connectivity index (χ0) is 28.3. The van der Waals surface area contributed by atoms with Crippen LogP contribution in [-0.4, -0.2) is 31.3 Å². The lowest BCUT2D eigenvalue weighted by Gasteiger charge is -2.14. The first-order valence-electron chi connectivity index (χ1n) is 12.2. The summed E-state index contributed by atoms with van der Waals surface area (Å²) in [5, 5.41) is 14.8. The second-order valence-corrected chi connectivity index (χ2v) is 8.47. The minimum absolute atomic E-state index is 0.125. The molecule has 1 amide bonds. The zero-order valence-corrected chi connectivity index (χ0v) is 21.9. The Morgan fingerprint density at radius 2 is 1.48 bits per heavy atom. The number of hydrogen-bond acceptors (Lipinski definition) is 8. The van der Waals surface area contributed by atoms with Crippen LogP contribution in [0, 0.1) is 10.1 Å². The number of methoxy groups -OCH3 is 2. The molecule has 0 saturated carbocycles. The monoisotopic (exact) mass is 541 g/mol. The molecule has 0 aliphatic carbocycles. The first kappa shape index (κ1) is 27.6. The van der Waals surface area contributed by atoms with E-state index in [0.29, 0.717) is 35.2 Å². The molecule has 1 N–H and O–H groups in total. The maximum Gasteiger partial charge on any atom is 0.271 e. The molecule has 0 aliphatic rings. The lowest BCUT2D eigenvalue weighted by atomic mass is 10.2. The van der Waals surface area contributed by atoms with Crippen molar-refractivity contribution in [2.24, 2.45) is 5.10 Å². The average molecular weight is 542 g/mol. The van der Waals surface area contributed by atoms with Gasteiger partial charge in [0.2, 0.25) is 0 Å². The maximum absolute atomic E-state index is 12.3. The van der Waals surface area contributed by atoms with Crippen molar-refractivity contribution in [2.45, 2.75) is 13.2 Å². The number of hydrazone groups is 1. The second-order valence-electron chi connectivity index (χ2n) is 8.47. The van der Waals surface area contributed by atoms with Crippen molar-refractivity contribution in [1.82, 2.24) is 5.43 Å². The van der Waals surface area contributed by atoms with Gasteiger partial charge in [-0.25, -0.2) is 5.43 Å². The molecule has 0 unspecified atom stereocenters. The van der Waals surface area contributed by atoms with Crippen LogP contribution in [0.4, 0.5) is 5.69 Å². The van der Waals surface area contributed by atoms with Crippen LogP contribution in [0.25, 0.3) is 0 Å². The Hall–Kier alpha value is -5.38. The summed E-state index contributed by atoms with van der Waals surface area (Å²) in [5.74, 6) is 1.66. The molecule has 0 radical (unpaired) electrons. The number of non-ortho nitro benzene ring substituents is 1. The summed E-state index contributed by atoms with van der Waals surface area (Å²) in [6.07, 6.45) is 1.43. The average Bonchev–Trinajstić information content (AvgIpc) is 2.99. The van der Waals surface area contributed by atoms with Gasteiger partial charge in [-0.1, -0.05) is 42.5 Å². The fourth-order valence-electron chi connectivity index (χ4n) is 3.69. The predicted molar refractivity (Wildman–Crippen MR) is 149 cm³/mol. The molecule has 0 aromatic heterocycles.